The zero-order chi connectivity index (χ0) is 9.38. The highest BCUT2D eigenvalue weighted by atomic mass is 14.2. The van der Waals surface area contributed by atoms with Crippen molar-refractivity contribution < 1.29 is 0 Å². The number of hydrogen-bond donors (Lipinski definition) is 0. The molecule has 3 rings (SSSR count). The van der Waals surface area contributed by atoms with E-state index in [1.54, 1.807) is 0 Å². The van der Waals surface area contributed by atoms with Crippen molar-refractivity contribution in [1.82, 2.24) is 0 Å². The van der Waals surface area contributed by atoms with Gasteiger partial charge in [0.1, 0.15) is 0 Å². The lowest BCUT2D eigenvalue weighted by molar-refractivity contribution is 1.27. The summed E-state index contributed by atoms with van der Waals surface area (Å²) in [5.74, 6) is 6.19. The third-order valence-electron chi connectivity index (χ3n) is 2.79. The van der Waals surface area contributed by atoms with Gasteiger partial charge in [-0.05, 0) is 34.8 Å². The van der Waals surface area contributed by atoms with Gasteiger partial charge in [0.2, 0.25) is 0 Å². The van der Waals surface area contributed by atoms with Crippen LogP contribution in [0.2, 0.25) is 0 Å². The predicted octanol–water partition coefficient (Wildman–Crippen LogP) is 2.96. The third kappa shape index (κ3) is 1.03. The Morgan fingerprint density at radius 2 is 2.07 bits per heavy atom. The highest BCUT2D eigenvalue weighted by Gasteiger charge is 2.19. The van der Waals surface area contributed by atoms with Gasteiger partial charge >= 0.3 is 0 Å². The second-order valence-electron chi connectivity index (χ2n) is 3.65. The van der Waals surface area contributed by atoms with Gasteiger partial charge < -0.3 is 0 Å². The summed E-state index contributed by atoms with van der Waals surface area (Å²) in [6, 6.07) is 8.62. The van der Waals surface area contributed by atoms with Crippen LogP contribution in [0, 0.1) is 11.8 Å². The Labute approximate surface area is 84.0 Å². The SMILES string of the molecule is C1#CCC=C2C(=C1)Cc1ccccc12. The van der Waals surface area contributed by atoms with Crippen LogP contribution >= 0.6 is 0 Å². The van der Waals surface area contributed by atoms with Crippen LogP contribution in [0.15, 0.2) is 42.0 Å². The number of fused-ring (bicyclic) bond motifs is 3. The minimum Gasteiger partial charge on any atom is -0.0943 e. The second-order valence-corrected chi connectivity index (χ2v) is 3.65. The zero-order valence-corrected chi connectivity index (χ0v) is 7.88. The van der Waals surface area contributed by atoms with Gasteiger partial charge in [0, 0.05) is 6.42 Å². The van der Waals surface area contributed by atoms with Crippen LogP contribution < -0.4 is 0 Å². The standard InChI is InChI=1S/C14H10/c1-2-6-11-10-12-7-4-5-9-14(12)13(11)8-3-1/h4-9H,3,10H2. The van der Waals surface area contributed by atoms with Crippen molar-refractivity contribution in [2.75, 3.05) is 0 Å². The molecule has 0 heterocycles. The van der Waals surface area contributed by atoms with Gasteiger partial charge in [-0.25, -0.2) is 0 Å². The molecule has 2 aliphatic rings. The van der Waals surface area contributed by atoms with Crippen LogP contribution in [0.4, 0.5) is 0 Å². The largest absolute Gasteiger partial charge is 0.0943 e. The molecule has 0 saturated carbocycles. The van der Waals surface area contributed by atoms with E-state index in [0.29, 0.717) is 0 Å². The molecule has 0 aliphatic heterocycles. The van der Waals surface area contributed by atoms with Crippen LogP contribution in [-0.4, -0.2) is 0 Å². The van der Waals surface area contributed by atoms with Crippen LogP contribution in [0.25, 0.3) is 5.57 Å². The molecule has 1 aromatic carbocycles. The van der Waals surface area contributed by atoms with Gasteiger partial charge in [-0.2, -0.15) is 0 Å². The van der Waals surface area contributed by atoms with E-state index in [4.69, 9.17) is 0 Å². The Morgan fingerprint density at radius 3 is 3.07 bits per heavy atom. The summed E-state index contributed by atoms with van der Waals surface area (Å²) < 4.78 is 0. The molecule has 66 valence electrons. The van der Waals surface area contributed by atoms with Gasteiger partial charge in [-0.15, -0.1) is 0 Å². The molecule has 0 amide bonds. The monoisotopic (exact) mass is 178 g/mol. The zero-order valence-electron chi connectivity index (χ0n) is 7.88. The molecule has 0 aromatic heterocycles. The first-order chi connectivity index (χ1) is 6.95. The lowest BCUT2D eigenvalue weighted by Crippen LogP contribution is -1.78. The van der Waals surface area contributed by atoms with Crippen LogP contribution in [0.5, 0.6) is 0 Å². The number of rotatable bonds is 0. The maximum absolute atomic E-state index is 3.10. The first-order valence-corrected chi connectivity index (χ1v) is 4.91. The second kappa shape index (κ2) is 2.89. The third-order valence-corrected chi connectivity index (χ3v) is 2.79. The van der Waals surface area contributed by atoms with Crippen LogP contribution in [0.1, 0.15) is 17.5 Å². The molecule has 0 spiro atoms. The molecule has 0 heteroatoms. The van der Waals surface area contributed by atoms with E-state index in [1.807, 2.05) is 0 Å². The lowest BCUT2D eigenvalue weighted by atomic mass is 10.1. The van der Waals surface area contributed by atoms with Crippen molar-refractivity contribution in [2.24, 2.45) is 0 Å². The van der Waals surface area contributed by atoms with Crippen molar-refractivity contribution in [3.05, 3.63) is 53.1 Å². The molecule has 0 nitrogen and oxygen atoms in total. The van der Waals surface area contributed by atoms with E-state index in [1.165, 1.54) is 22.3 Å². The molecule has 0 atom stereocenters. The fourth-order valence-electron chi connectivity index (χ4n) is 2.13. The lowest BCUT2D eigenvalue weighted by Gasteiger charge is -1.99. The molecule has 0 N–H and O–H groups in total. The molecule has 2 aliphatic carbocycles. The Balaban J connectivity index is 2.21. The van der Waals surface area contributed by atoms with E-state index in [9.17, 15) is 0 Å². The van der Waals surface area contributed by atoms with E-state index >= 15 is 0 Å². The highest BCUT2D eigenvalue weighted by Crippen LogP contribution is 2.36. The summed E-state index contributed by atoms with van der Waals surface area (Å²) in [5.41, 5.74) is 5.60. The molecular weight excluding hydrogens is 168 g/mol. The van der Waals surface area contributed by atoms with Gasteiger partial charge in [0.25, 0.3) is 0 Å². The van der Waals surface area contributed by atoms with Crippen molar-refractivity contribution >= 4 is 5.57 Å². The maximum Gasteiger partial charge on any atom is 0.0282 e. The molecule has 0 saturated heterocycles. The average Bonchev–Trinajstić information content (AvgIpc) is 2.42. The molecular formula is C14H10. The molecule has 0 fully saturated rings. The van der Waals surface area contributed by atoms with Gasteiger partial charge in [0.05, 0.1) is 0 Å². The molecule has 0 radical (unpaired) electrons. The fourth-order valence-corrected chi connectivity index (χ4v) is 2.13. The Bertz CT molecular complexity index is 504. The van der Waals surface area contributed by atoms with E-state index in [2.05, 4.69) is 48.3 Å². The summed E-state index contributed by atoms with van der Waals surface area (Å²) in [6.07, 6.45) is 6.25. The summed E-state index contributed by atoms with van der Waals surface area (Å²) >= 11 is 0. The molecule has 0 unspecified atom stereocenters. The quantitative estimate of drug-likeness (QED) is 0.536. The minimum absolute atomic E-state index is 0.879. The van der Waals surface area contributed by atoms with Crippen molar-refractivity contribution in [3.63, 3.8) is 0 Å². The minimum atomic E-state index is 0.879. The Morgan fingerprint density at radius 1 is 1.14 bits per heavy atom. The summed E-state index contributed by atoms with van der Waals surface area (Å²) in [5, 5.41) is 0. The summed E-state index contributed by atoms with van der Waals surface area (Å²) in [6.45, 7) is 0. The highest BCUT2D eigenvalue weighted by molar-refractivity contribution is 5.87. The van der Waals surface area contributed by atoms with Crippen LogP contribution in [0.3, 0.4) is 0 Å². The molecule has 0 bridgehead atoms. The smallest absolute Gasteiger partial charge is 0.0282 e. The molecule has 14 heavy (non-hydrogen) atoms. The molecule has 1 aromatic rings. The van der Waals surface area contributed by atoms with E-state index < -0.39 is 0 Å². The van der Waals surface area contributed by atoms with Gasteiger partial charge in [-0.3, -0.25) is 0 Å². The predicted molar refractivity (Wildman–Crippen MR) is 58.6 cm³/mol. The topological polar surface area (TPSA) is 0 Å². The van der Waals surface area contributed by atoms with Crippen molar-refractivity contribution in [1.29, 1.82) is 0 Å². The fraction of sp³-hybridized carbons (Fsp3) is 0.143. The number of benzene rings is 1. The van der Waals surface area contributed by atoms with E-state index in [-0.39, 0.29) is 0 Å². The van der Waals surface area contributed by atoms with Gasteiger partial charge in [-0.1, -0.05) is 42.2 Å². The normalized spacial score (nSPS) is 16.9. The average molecular weight is 178 g/mol. The van der Waals surface area contributed by atoms with Crippen molar-refractivity contribution in [3.8, 4) is 11.8 Å². The summed E-state index contributed by atoms with van der Waals surface area (Å²) in [4.78, 5) is 0. The Hall–Kier alpha value is -1.74. The number of hydrogen-bond acceptors (Lipinski definition) is 0. The maximum atomic E-state index is 3.10. The first kappa shape index (κ1) is 7.64. The van der Waals surface area contributed by atoms with Crippen LogP contribution in [-0.2, 0) is 6.42 Å². The number of allylic oxidation sites excluding steroid dienone is 4. The first-order valence-electron chi connectivity index (χ1n) is 4.91. The van der Waals surface area contributed by atoms with Crippen molar-refractivity contribution in [2.45, 2.75) is 12.8 Å². The summed E-state index contributed by atoms with van der Waals surface area (Å²) in [7, 11) is 0. The van der Waals surface area contributed by atoms with Gasteiger partial charge in [0.15, 0.2) is 0 Å². The van der Waals surface area contributed by atoms with E-state index in [0.717, 1.165) is 12.8 Å². The Kier molecular flexibility index (Phi) is 1.58.